The molecule has 3 heteroatoms. The topological polar surface area (TPSA) is 30.7 Å². The standard InChI is InChI=1S/C12H15N3/c1-12(2,3)10-8-13-9-11(14-10)15-6-4-5-7-15/h4-9H,1-3H3. The van der Waals surface area contributed by atoms with Crippen LogP contribution in [0.25, 0.3) is 5.82 Å². The third kappa shape index (κ3) is 2.06. The van der Waals surface area contributed by atoms with Crippen LogP contribution in [0, 0.1) is 0 Å². The first-order chi connectivity index (χ1) is 7.07. The zero-order valence-corrected chi connectivity index (χ0v) is 9.31. The number of nitrogens with zero attached hydrogens (tertiary/aromatic N) is 3. The molecule has 3 nitrogen and oxygen atoms in total. The van der Waals surface area contributed by atoms with Crippen molar-refractivity contribution < 1.29 is 0 Å². The maximum absolute atomic E-state index is 4.59. The summed E-state index contributed by atoms with van der Waals surface area (Å²) < 4.78 is 1.96. The molecule has 0 amide bonds. The van der Waals surface area contributed by atoms with Crippen molar-refractivity contribution >= 4 is 0 Å². The van der Waals surface area contributed by atoms with E-state index < -0.39 is 0 Å². The molecule has 15 heavy (non-hydrogen) atoms. The molecule has 0 aliphatic carbocycles. The van der Waals surface area contributed by atoms with E-state index in [-0.39, 0.29) is 5.41 Å². The first-order valence-corrected chi connectivity index (χ1v) is 5.03. The monoisotopic (exact) mass is 201 g/mol. The highest BCUT2D eigenvalue weighted by Crippen LogP contribution is 2.19. The molecule has 0 saturated carbocycles. The summed E-state index contributed by atoms with van der Waals surface area (Å²) in [5.41, 5.74) is 1.05. The first-order valence-electron chi connectivity index (χ1n) is 5.03. The average Bonchev–Trinajstić information content (AvgIpc) is 2.69. The van der Waals surface area contributed by atoms with Crippen molar-refractivity contribution in [3.63, 3.8) is 0 Å². The number of hydrogen-bond donors (Lipinski definition) is 0. The Morgan fingerprint density at radius 1 is 1.07 bits per heavy atom. The first kappa shape index (κ1) is 9.90. The highest BCUT2D eigenvalue weighted by Gasteiger charge is 2.16. The molecule has 0 atom stereocenters. The Bertz CT molecular complexity index is 438. The summed E-state index contributed by atoms with van der Waals surface area (Å²) >= 11 is 0. The second-order valence-corrected chi connectivity index (χ2v) is 4.60. The molecule has 0 spiro atoms. The van der Waals surface area contributed by atoms with Gasteiger partial charge >= 0.3 is 0 Å². The van der Waals surface area contributed by atoms with E-state index in [1.165, 1.54) is 0 Å². The van der Waals surface area contributed by atoms with Crippen molar-refractivity contribution in [1.29, 1.82) is 0 Å². The summed E-state index contributed by atoms with van der Waals surface area (Å²) in [5.74, 6) is 0.868. The van der Waals surface area contributed by atoms with E-state index in [1.807, 2.05) is 35.3 Å². The Morgan fingerprint density at radius 3 is 2.33 bits per heavy atom. The molecule has 0 fully saturated rings. The maximum atomic E-state index is 4.59. The van der Waals surface area contributed by atoms with E-state index in [0.717, 1.165) is 11.5 Å². The van der Waals surface area contributed by atoms with Crippen LogP contribution >= 0.6 is 0 Å². The van der Waals surface area contributed by atoms with Gasteiger partial charge < -0.3 is 4.57 Å². The van der Waals surface area contributed by atoms with Gasteiger partial charge in [0.2, 0.25) is 0 Å². The predicted octanol–water partition coefficient (Wildman–Crippen LogP) is 2.56. The molecular formula is C12H15N3. The van der Waals surface area contributed by atoms with E-state index in [0.29, 0.717) is 0 Å². The maximum Gasteiger partial charge on any atom is 0.155 e. The van der Waals surface area contributed by atoms with Crippen LogP contribution < -0.4 is 0 Å². The Morgan fingerprint density at radius 2 is 1.73 bits per heavy atom. The zero-order chi connectivity index (χ0) is 10.9. The molecule has 0 aromatic carbocycles. The molecule has 0 N–H and O–H groups in total. The van der Waals surface area contributed by atoms with Crippen molar-refractivity contribution in [1.82, 2.24) is 14.5 Å². The Labute approximate surface area is 89.8 Å². The minimum atomic E-state index is 0.0379. The molecule has 2 aromatic rings. The summed E-state index contributed by atoms with van der Waals surface area (Å²) in [6.45, 7) is 6.41. The van der Waals surface area contributed by atoms with Gasteiger partial charge in [0.25, 0.3) is 0 Å². The van der Waals surface area contributed by atoms with Crippen LogP contribution in [0.15, 0.2) is 36.9 Å². The minimum absolute atomic E-state index is 0.0379. The van der Waals surface area contributed by atoms with E-state index in [1.54, 1.807) is 6.20 Å². The van der Waals surface area contributed by atoms with Gasteiger partial charge in [0.05, 0.1) is 11.9 Å². The molecule has 0 aliphatic rings. The summed E-state index contributed by atoms with van der Waals surface area (Å²) in [7, 11) is 0. The molecule has 0 bridgehead atoms. The van der Waals surface area contributed by atoms with Crippen LogP contribution in [0.2, 0.25) is 0 Å². The highest BCUT2D eigenvalue weighted by molar-refractivity contribution is 5.23. The molecule has 0 unspecified atom stereocenters. The normalized spacial score (nSPS) is 11.7. The summed E-state index contributed by atoms with van der Waals surface area (Å²) in [6, 6.07) is 3.96. The molecule has 2 heterocycles. The van der Waals surface area contributed by atoms with Crippen LogP contribution in [-0.2, 0) is 5.41 Å². The largest absolute Gasteiger partial charge is 0.307 e. The van der Waals surface area contributed by atoms with Gasteiger partial charge in [0, 0.05) is 24.0 Å². The van der Waals surface area contributed by atoms with Crippen LogP contribution in [-0.4, -0.2) is 14.5 Å². The Kier molecular flexibility index (Phi) is 2.31. The van der Waals surface area contributed by atoms with Gasteiger partial charge in [-0.2, -0.15) is 0 Å². The van der Waals surface area contributed by atoms with Gasteiger partial charge in [-0.15, -0.1) is 0 Å². The fourth-order valence-corrected chi connectivity index (χ4v) is 1.33. The van der Waals surface area contributed by atoms with Crippen molar-refractivity contribution in [3.8, 4) is 5.82 Å². The molecule has 78 valence electrons. The molecule has 0 aliphatic heterocycles. The minimum Gasteiger partial charge on any atom is -0.307 e. The SMILES string of the molecule is CC(C)(C)c1cncc(-n2cccc2)n1. The number of hydrogen-bond acceptors (Lipinski definition) is 2. The Hall–Kier alpha value is -1.64. The molecule has 0 saturated heterocycles. The third-order valence-corrected chi connectivity index (χ3v) is 2.26. The van der Waals surface area contributed by atoms with Crippen LogP contribution in [0.1, 0.15) is 26.5 Å². The average molecular weight is 201 g/mol. The van der Waals surface area contributed by atoms with Crippen LogP contribution in [0.5, 0.6) is 0 Å². The molecule has 2 aromatic heterocycles. The van der Waals surface area contributed by atoms with Gasteiger partial charge in [-0.3, -0.25) is 4.98 Å². The predicted molar refractivity (Wildman–Crippen MR) is 60.1 cm³/mol. The molecule has 0 radical (unpaired) electrons. The molecular weight excluding hydrogens is 186 g/mol. The van der Waals surface area contributed by atoms with Crippen molar-refractivity contribution in [2.24, 2.45) is 0 Å². The lowest BCUT2D eigenvalue weighted by Gasteiger charge is -2.17. The second-order valence-electron chi connectivity index (χ2n) is 4.60. The van der Waals surface area contributed by atoms with Crippen LogP contribution in [0.4, 0.5) is 0 Å². The highest BCUT2D eigenvalue weighted by atomic mass is 15.1. The fourth-order valence-electron chi connectivity index (χ4n) is 1.33. The van der Waals surface area contributed by atoms with Gasteiger partial charge in [0.15, 0.2) is 5.82 Å². The van der Waals surface area contributed by atoms with E-state index in [2.05, 4.69) is 30.7 Å². The third-order valence-electron chi connectivity index (χ3n) is 2.26. The summed E-state index contributed by atoms with van der Waals surface area (Å²) in [5, 5.41) is 0. The van der Waals surface area contributed by atoms with Gasteiger partial charge in [-0.25, -0.2) is 4.98 Å². The second kappa shape index (κ2) is 3.50. The number of rotatable bonds is 1. The molecule has 2 rings (SSSR count). The van der Waals surface area contributed by atoms with Gasteiger partial charge in [-0.1, -0.05) is 20.8 Å². The van der Waals surface area contributed by atoms with Crippen molar-refractivity contribution in [2.45, 2.75) is 26.2 Å². The number of aromatic nitrogens is 3. The lowest BCUT2D eigenvalue weighted by molar-refractivity contribution is 0.563. The smallest absolute Gasteiger partial charge is 0.155 e. The van der Waals surface area contributed by atoms with Crippen LogP contribution in [0.3, 0.4) is 0 Å². The van der Waals surface area contributed by atoms with Gasteiger partial charge in [0.1, 0.15) is 0 Å². The Balaban J connectivity index is 2.44. The summed E-state index contributed by atoms with van der Waals surface area (Å²) in [6.07, 6.45) is 7.54. The van der Waals surface area contributed by atoms with E-state index in [4.69, 9.17) is 0 Å². The lowest BCUT2D eigenvalue weighted by Crippen LogP contribution is -2.15. The van der Waals surface area contributed by atoms with E-state index in [9.17, 15) is 0 Å². The zero-order valence-electron chi connectivity index (χ0n) is 9.31. The fraction of sp³-hybridized carbons (Fsp3) is 0.333. The van der Waals surface area contributed by atoms with Crippen molar-refractivity contribution in [2.75, 3.05) is 0 Å². The van der Waals surface area contributed by atoms with Crippen molar-refractivity contribution in [3.05, 3.63) is 42.6 Å². The summed E-state index contributed by atoms with van der Waals surface area (Å²) in [4.78, 5) is 8.81. The van der Waals surface area contributed by atoms with Gasteiger partial charge in [-0.05, 0) is 12.1 Å². The van der Waals surface area contributed by atoms with E-state index >= 15 is 0 Å². The lowest BCUT2D eigenvalue weighted by atomic mass is 9.93. The quantitative estimate of drug-likeness (QED) is 0.710.